The van der Waals surface area contributed by atoms with Crippen molar-refractivity contribution < 1.29 is 4.52 Å². The van der Waals surface area contributed by atoms with Gasteiger partial charge in [0.2, 0.25) is 5.89 Å². The Hall–Kier alpha value is -1.37. The minimum absolute atomic E-state index is 0.0119. The minimum atomic E-state index is -0.0119. The fraction of sp³-hybridized carbons (Fsp3) is 0.800. The van der Waals surface area contributed by atoms with E-state index in [4.69, 9.17) is 9.78 Å². The van der Waals surface area contributed by atoms with Crippen molar-refractivity contribution in [1.29, 1.82) is 5.26 Å². The summed E-state index contributed by atoms with van der Waals surface area (Å²) >= 11 is 0. The van der Waals surface area contributed by atoms with Gasteiger partial charge in [-0.3, -0.25) is 0 Å². The molecule has 1 aromatic rings. The summed E-state index contributed by atoms with van der Waals surface area (Å²) in [5.74, 6) is 2.16. The normalized spacial score (nSPS) is 30.6. The van der Waals surface area contributed by atoms with Gasteiger partial charge >= 0.3 is 0 Å². The van der Waals surface area contributed by atoms with Gasteiger partial charge < -0.3 is 4.52 Å². The summed E-state index contributed by atoms with van der Waals surface area (Å²) in [6.45, 7) is 4.20. The van der Waals surface area contributed by atoms with E-state index >= 15 is 0 Å². The topological polar surface area (TPSA) is 62.7 Å². The third-order valence-electron chi connectivity index (χ3n) is 4.91. The third-order valence-corrected chi connectivity index (χ3v) is 4.91. The smallest absolute Gasteiger partial charge is 0.231 e. The van der Waals surface area contributed by atoms with E-state index in [2.05, 4.69) is 30.1 Å². The highest BCUT2D eigenvalue weighted by atomic mass is 16.5. The van der Waals surface area contributed by atoms with E-state index in [-0.39, 0.29) is 17.3 Å². The molecule has 2 aliphatic rings. The highest BCUT2D eigenvalue weighted by Gasteiger charge is 2.62. The van der Waals surface area contributed by atoms with Crippen molar-refractivity contribution in [3.05, 3.63) is 11.7 Å². The standard InChI is InChI=1S/C15H21N3O/c1-15(2)11(9-16)12(15)14-17-13(18-19-14)10-7-5-3-4-6-8-10/h10-12H,3-8H2,1-2H3. The summed E-state index contributed by atoms with van der Waals surface area (Å²) in [7, 11) is 0. The molecule has 0 aromatic carbocycles. The molecule has 2 fully saturated rings. The van der Waals surface area contributed by atoms with Gasteiger partial charge in [-0.2, -0.15) is 10.2 Å². The fourth-order valence-electron chi connectivity index (χ4n) is 3.42. The number of aromatic nitrogens is 2. The first-order chi connectivity index (χ1) is 9.14. The van der Waals surface area contributed by atoms with Gasteiger partial charge in [0.15, 0.2) is 5.82 Å². The second-order valence-corrected chi connectivity index (χ2v) is 6.59. The van der Waals surface area contributed by atoms with Crippen LogP contribution in [0, 0.1) is 22.7 Å². The maximum atomic E-state index is 9.13. The molecule has 0 N–H and O–H groups in total. The molecule has 2 atom stereocenters. The van der Waals surface area contributed by atoms with Crippen LogP contribution in [0.2, 0.25) is 0 Å². The van der Waals surface area contributed by atoms with Crippen LogP contribution in [0.4, 0.5) is 0 Å². The predicted molar refractivity (Wildman–Crippen MR) is 70.4 cm³/mol. The average Bonchev–Trinajstić information content (AvgIpc) is 2.81. The highest BCUT2D eigenvalue weighted by Crippen LogP contribution is 2.63. The highest BCUT2D eigenvalue weighted by molar-refractivity contribution is 5.26. The molecule has 4 heteroatoms. The summed E-state index contributed by atoms with van der Waals surface area (Å²) in [5.41, 5.74) is -0.0119. The lowest BCUT2D eigenvalue weighted by atomic mass is 10.00. The van der Waals surface area contributed by atoms with Crippen LogP contribution in [0.3, 0.4) is 0 Å². The van der Waals surface area contributed by atoms with Crippen LogP contribution in [0.1, 0.15) is 75.9 Å². The molecule has 1 heterocycles. The molecular formula is C15H21N3O. The predicted octanol–water partition coefficient (Wildman–Crippen LogP) is 3.77. The lowest BCUT2D eigenvalue weighted by Crippen LogP contribution is -2.00. The second-order valence-electron chi connectivity index (χ2n) is 6.59. The number of hydrogen-bond acceptors (Lipinski definition) is 4. The lowest BCUT2D eigenvalue weighted by Gasteiger charge is -2.07. The number of hydrogen-bond donors (Lipinski definition) is 0. The Morgan fingerprint density at radius 3 is 2.47 bits per heavy atom. The first kappa shape index (κ1) is 12.7. The van der Waals surface area contributed by atoms with Crippen molar-refractivity contribution in [1.82, 2.24) is 10.1 Å². The van der Waals surface area contributed by atoms with Gasteiger partial charge in [0.05, 0.1) is 17.9 Å². The second kappa shape index (κ2) is 4.63. The Labute approximate surface area is 114 Å². The summed E-state index contributed by atoms with van der Waals surface area (Å²) in [6.07, 6.45) is 7.54. The molecule has 0 saturated heterocycles. The van der Waals surface area contributed by atoms with Gasteiger partial charge in [0.1, 0.15) is 0 Å². The summed E-state index contributed by atoms with van der Waals surface area (Å²) in [5, 5.41) is 13.3. The van der Waals surface area contributed by atoms with Gasteiger partial charge in [0.25, 0.3) is 0 Å². The molecule has 2 aliphatic carbocycles. The van der Waals surface area contributed by atoms with Crippen molar-refractivity contribution in [3.8, 4) is 6.07 Å². The van der Waals surface area contributed by atoms with Crippen LogP contribution in [0.5, 0.6) is 0 Å². The molecule has 1 aromatic heterocycles. The summed E-state index contributed by atoms with van der Waals surface area (Å²) in [6, 6.07) is 2.35. The number of nitrogens with zero attached hydrogens (tertiary/aromatic N) is 3. The molecular weight excluding hydrogens is 238 g/mol. The molecule has 0 amide bonds. The van der Waals surface area contributed by atoms with E-state index in [1.54, 1.807) is 0 Å². The quantitative estimate of drug-likeness (QED) is 0.758. The maximum absolute atomic E-state index is 9.13. The molecule has 2 unspecified atom stereocenters. The molecule has 0 bridgehead atoms. The van der Waals surface area contributed by atoms with Crippen molar-refractivity contribution >= 4 is 0 Å². The van der Waals surface area contributed by atoms with E-state index in [0.29, 0.717) is 11.8 Å². The van der Waals surface area contributed by atoms with E-state index in [1.807, 2.05) is 0 Å². The van der Waals surface area contributed by atoms with Crippen molar-refractivity contribution in [2.24, 2.45) is 11.3 Å². The first-order valence-corrected chi connectivity index (χ1v) is 7.37. The van der Waals surface area contributed by atoms with Crippen molar-refractivity contribution in [3.63, 3.8) is 0 Å². The molecule has 2 saturated carbocycles. The van der Waals surface area contributed by atoms with Gasteiger partial charge in [-0.1, -0.05) is 44.7 Å². The Kier molecular flexibility index (Phi) is 3.08. The summed E-state index contributed by atoms with van der Waals surface area (Å²) < 4.78 is 5.44. The van der Waals surface area contributed by atoms with E-state index in [0.717, 1.165) is 5.82 Å². The van der Waals surface area contributed by atoms with E-state index < -0.39 is 0 Å². The maximum Gasteiger partial charge on any atom is 0.231 e. The third kappa shape index (κ3) is 2.16. The number of rotatable bonds is 2. The Bertz CT molecular complexity index is 492. The largest absolute Gasteiger partial charge is 0.339 e. The van der Waals surface area contributed by atoms with Crippen LogP contribution in [-0.4, -0.2) is 10.1 Å². The van der Waals surface area contributed by atoms with E-state index in [9.17, 15) is 0 Å². The Balaban J connectivity index is 1.75. The zero-order chi connectivity index (χ0) is 13.5. The number of nitriles is 1. The molecule has 0 spiro atoms. The van der Waals surface area contributed by atoms with Crippen molar-refractivity contribution in [2.75, 3.05) is 0 Å². The molecule has 4 nitrogen and oxygen atoms in total. The zero-order valence-electron chi connectivity index (χ0n) is 11.7. The molecule has 0 aliphatic heterocycles. The molecule has 0 radical (unpaired) electrons. The summed E-state index contributed by atoms with van der Waals surface area (Å²) in [4.78, 5) is 4.60. The van der Waals surface area contributed by atoms with Crippen LogP contribution in [0.15, 0.2) is 4.52 Å². The van der Waals surface area contributed by atoms with Crippen LogP contribution >= 0.6 is 0 Å². The van der Waals surface area contributed by atoms with Gasteiger partial charge in [-0.05, 0) is 18.3 Å². The Morgan fingerprint density at radius 1 is 1.21 bits per heavy atom. The van der Waals surface area contributed by atoms with Crippen LogP contribution < -0.4 is 0 Å². The lowest BCUT2D eigenvalue weighted by molar-refractivity contribution is 0.358. The zero-order valence-corrected chi connectivity index (χ0v) is 11.7. The van der Waals surface area contributed by atoms with Gasteiger partial charge in [-0.25, -0.2) is 0 Å². The van der Waals surface area contributed by atoms with E-state index in [1.165, 1.54) is 38.5 Å². The van der Waals surface area contributed by atoms with Crippen LogP contribution in [-0.2, 0) is 0 Å². The van der Waals surface area contributed by atoms with Crippen LogP contribution in [0.25, 0.3) is 0 Å². The SMILES string of the molecule is CC1(C)C(C#N)C1c1nc(C2CCCCCC2)no1. The minimum Gasteiger partial charge on any atom is -0.339 e. The molecule has 102 valence electrons. The fourth-order valence-corrected chi connectivity index (χ4v) is 3.42. The molecule has 19 heavy (non-hydrogen) atoms. The monoisotopic (exact) mass is 259 g/mol. The Morgan fingerprint density at radius 2 is 1.89 bits per heavy atom. The first-order valence-electron chi connectivity index (χ1n) is 7.37. The van der Waals surface area contributed by atoms with Gasteiger partial charge in [0, 0.05) is 5.92 Å². The van der Waals surface area contributed by atoms with Gasteiger partial charge in [-0.15, -0.1) is 0 Å². The van der Waals surface area contributed by atoms with Crippen molar-refractivity contribution in [2.45, 2.75) is 64.2 Å². The molecule has 3 rings (SSSR count). The average molecular weight is 259 g/mol.